The van der Waals surface area contributed by atoms with E-state index in [0.717, 1.165) is 25.2 Å². The van der Waals surface area contributed by atoms with Gasteiger partial charge in [0.25, 0.3) is 0 Å². The summed E-state index contributed by atoms with van der Waals surface area (Å²) in [4.78, 5) is 2.17. The molecule has 1 saturated heterocycles. The second-order valence-corrected chi connectivity index (χ2v) is 4.38. The zero-order chi connectivity index (χ0) is 12.5. The molecule has 0 bridgehead atoms. The molecule has 1 heterocycles. The highest BCUT2D eigenvalue weighted by molar-refractivity contribution is 5.49. The molecule has 0 saturated carbocycles. The van der Waals surface area contributed by atoms with Gasteiger partial charge in [-0.3, -0.25) is 0 Å². The van der Waals surface area contributed by atoms with Crippen molar-refractivity contribution in [2.75, 3.05) is 18.0 Å². The second kappa shape index (κ2) is 4.47. The Morgan fingerprint density at radius 3 is 2.35 bits per heavy atom. The zero-order valence-corrected chi connectivity index (χ0v) is 9.50. The molecule has 1 atom stereocenters. The lowest BCUT2D eigenvalue weighted by atomic mass is 10.2. The second-order valence-electron chi connectivity index (χ2n) is 4.38. The molecule has 1 fully saturated rings. The first-order chi connectivity index (χ1) is 7.94. The molecule has 0 amide bonds. The van der Waals surface area contributed by atoms with Crippen LogP contribution in [0.15, 0.2) is 24.3 Å². The van der Waals surface area contributed by atoms with Crippen LogP contribution in [-0.2, 0) is 0 Å². The van der Waals surface area contributed by atoms with E-state index < -0.39 is 6.36 Å². The Morgan fingerprint density at radius 2 is 1.88 bits per heavy atom. The van der Waals surface area contributed by atoms with Gasteiger partial charge in [0.1, 0.15) is 5.75 Å². The van der Waals surface area contributed by atoms with Crippen molar-refractivity contribution in [3.8, 4) is 5.75 Å². The van der Waals surface area contributed by atoms with Crippen molar-refractivity contribution >= 4 is 5.69 Å². The standard InChI is InChI=1S/C12H14F3NO/c1-9-6-7-16(8-9)10-2-4-11(5-3-10)17-12(13,14)15/h2-5,9H,6-8H2,1H3. The molecule has 2 rings (SSSR count). The summed E-state index contributed by atoms with van der Waals surface area (Å²) in [5.74, 6) is 0.467. The first-order valence-corrected chi connectivity index (χ1v) is 5.55. The van der Waals surface area contributed by atoms with E-state index >= 15 is 0 Å². The maximum atomic E-state index is 12.0. The summed E-state index contributed by atoms with van der Waals surface area (Å²) < 4.78 is 39.7. The summed E-state index contributed by atoms with van der Waals surface area (Å²) in [7, 11) is 0. The van der Waals surface area contributed by atoms with Crippen LogP contribution in [-0.4, -0.2) is 19.5 Å². The molecule has 17 heavy (non-hydrogen) atoms. The molecule has 0 spiro atoms. The van der Waals surface area contributed by atoms with Crippen molar-refractivity contribution in [2.45, 2.75) is 19.7 Å². The minimum absolute atomic E-state index is 0.173. The van der Waals surface area contributed by atoms with E-state index in [1.54, 1.807) is 12.1 Å². The molecular formula is C12H14F3NO. The van der Waals surface area contributed by atoms with Crippen molar-refractivity contribution in [3.05, 3.63) is 24.3 Å². The summed E-state index contributed by atoms with van der Waals surface area (Å²) in [6.45, 7) is 4.08. The summed E-state index contributed by atoms with van der Waals surface area (Å²) in [6.07, 6.45) is -3.50. The highest BCUT2D eigenvalue weighted by Gasteiger charge is 2.31. The molecule has 1 aliphatic heterocycles. The summed E-state index contributed by atoms with van der Waals surface area (Å²) >= 11 is 0. The lowest BCUT2D eigenvalue weighted by Gasteiger charge is -2.18. The minimum Gasteiger partial charge on any atom is -0.406 e. The molecule has 1 unspecified atom stereocenters. The van der Waals surface area contributed by atoms with Gasteiger partial charge in [0.05, 0.1) is 0 Å². The van der Waals surface area contributed by atoms with E-state index in [1.165, 1.54) is 12.1 Å². The lowest BCUT2D eigenvalue weighted by Crippen LogP contribution is -2.19. The van der Waals surface area contributed by atoms with Gasteiger partial charge < -0.3 is 9.64 Å². The first kappa shape index (κ1) is 12.1. The summed E-state index contributed by atoms with van der Waals surface area (Å²) in [6, 6.07) is 6.04. The van der Waals surface area contributed by atoms with E-state index in [2.05, 4.69) is 16.6 Å². The van der Waals surface area contributed by atoms with Crippen LogP contribution < -0.4 is 9.64 Å². The van der Waals surface area contributed by atoms with Gasteiger partial charge in [-0.05, 0) is 36.6 Å². The van der Waals surface area contributed by atoms with E-state index in [4.69, 9.17) is 0 Å². The van der Waals surface area contributed by atoms with Crippen molar-refractivity contribution in [1.29, 1.82) is 0 Å². The molecule has 0 radical (unpaired) electrons. The number of anilines is 1. The average Bonchev–Trinajstić information content (AvgIpc) is 2.63. The van der Waals surface area contributed by atoms with Crippen LogP contribution in [0.4, 0.5) is 18.9 Å². The van der Waals surface area contributed by atoms with Gasteiger partial charge in [-0.2, -0.15) is 0 Å². The highest BCUT2D eigenvalue weighted by Crippen LogP contribution is 2.27. The van der Waals surface area contributed by atoms with Crippen LogP contribution in [0.5, 0.6) is 5.75 Å². The third-order valence-corrected chi connectivity index (χ3v) is 2.86. The van der Waals surface area contributed by atoms with Gasteiger partial charge in [0.15, 0.2) is 0 Å². The number of hydrogen-bond acceptors (Lipinski definition) is 2. The van der Waals surface area contributed by atoms with Crippen LogP contribution in [0.1, 0.15) is 13.3 Å². The van der Waals surface area contributed by atoms with Crippen molar-refractivity contribution in [2.24, 2.45) is 5.92 Å². The van der Waals surface area contributed by atoms with Crippen LogP contribution >= 0.6 is 0 Å². The third-order valence-electron chi connectivity index (χ3n) is 2.86. The summed E-state index contributed by atoms with van der Waals surface area (Å²) in [5.41, 5.74) is 0.948. The van der Waals surface area contributed by atoms with Gasteiger partial charge in [-0.25, -0.2) is 0 Å². The van der Waals surface area contributed by atoms with E-state index in [0.29, 0.717) is 5.92 Å². The van der Waals surface area contributed by atoms with E-state index in [-0.39, 0.29) is 5.75 Å². The van der Waals surface area contributed by atoms with Crippen LogP contribution in [0.25, 0.3) is 0 Å². The Balaban J connectivity index is 2.03. The fourth-order valence-electron chi connectivity index (χ4n) is 2.03. The molecule has 0 N–H and O–H groups in total. The number of ether oxygens (including phenoxy) is 1. The Bertz CT molecular complexity index is 374. The number of rotatable bonds is 2. The molecule has 1 aromatic rings. The van der Waals surface area contributed by atoms with Gasteiger partial charge in [-0.1, -0.05) is 6.92 Å². The first-order valence-electron chi connectivity index (χ1n) is 5.55. The summed E-state index contributed by atoms with van der Waals surface area (Å²) in [5, 5.41) is 0. The number of benzene rings is 1. The predicted molar refractivity (Wildman–Crippen MR) is 59.1 cm³/mol. The normalized spacial score (nSPS) is 20.7. The van der Waals surface area contributed by atoms with Crippen molar-refractivity contribution in [1.82, 2.24) is 0 Å². The number of hydrogen-bond donors (Lipinski definition) is 0. The number of halogens is 3. The smallest absolute Gasteiger partial charge is 0.406 e. The zero-order valence-electron chi connectivity index (χ0n) is 9.50. The Morgan fingerprint density at radius 1 is 1.24 bits per heavy atom. The Kier molecular flexibility index (Phi) is 3.17. The van der Waals surface area contributed by atoms with E-state index in [9.17, 15) is 13.2 Å². The molecule has 2 nitrogen and oxygen atoms in total. The largest absolute Gasteiger partial charge is 0.573 e. The van der Waals surface area contributed by atoms with Crippen LogP contribution in [0.3, 0.4) is 0 Å². The van der Waals surface area contributed by atoms with Crippen LogP contribution in [0, 0.1) is 5.92 Å². The molecule has 1 aromatic carbocycles. The number of alkyl halides is 3. The molecule has 0 aliphatic carbocycles. The number of nitrogens with zero attached hydrogens (tertiary/aromatic N) is 1. The van der Waals surface area contributed by atoms with Crippen molar-refractivity contribution in [3.63, 3.8) is 0 Å². The monoisotopic (exact) mass is 245 g/mol. The predicted octanol–water partition coefficient (Wildman–Crippen LogP) is 3.43. The SMILES string of the molecule is CC1CCN(c2ccc(OC(F)(F)F)cc2)C1. The quantitative estimate of drug-likeness (QED) is 0.791. The maximum absolute atomic E-state index is 12.0. The molecule has 0 aromatic heterocycles. The maximum Gasteiger partial charge on any atom is 0.573 e. The molecule has 94 valence electrons. The van der Waals surface area contributed by atoms with Gasteiger partial charge >= 0.3 is 6.36 Å². The van der Waals surface area contributed by atoms with Gasteiger partial charge in [-0.15, -0.1) is 13.2 Å². The highest BCUT2D eigenvalue weighted by atomic mass is 19.4. The fraction of sp³-hybridized carbons (Fsp3) is 0.500. The third kappa shape index (κ3) is 3.28. The molecule has 1 aliphatic rings. The van der Waals surface area contributed by atoms with Gasteiger partial charge in [0, 0.05) is 18.8 Å². The minimum atomic E-state index is -4.62. The molecular weight excluding hydrogens is 231 g/mol. The Labute approximate surface area is 98.0 Å². The van der Waals surface area contributed by atoms with Crippen molar-refractivity contribution < 1.29 is 17.9 Å². The average molecular weight is 245 g/mol. The van der Waals surface area contributed by atoms with Gasteiger partial charge in [0.2, 0.25) is 0 Å². The fourth-order valence-corrected chi connectivity index (χ4v) is 2.03. The molecule has 5 heteroatoms. The Hall–Kier alpha value is -1.39. The topological polar surface area (TPSA) is 12.5 Å². The van der Waals surface area contributed by atoms with E-state index in [1.807, 2.05) is 0 Å². The lowest BCUT2D eigenvalue weighted by molar-refractivity contribution is -0.274. The van der Waals surface area contributed by atoms with Crippen LogP contribution in [0.2, 0.25) is 0 Å².